The zero-order chi connectivity index (χ0) is 8.10. The summed E-state index contributed by atoms with van der Waals surface area (Å²) in [7, 11) is 0. The van der Waals surface area contributed by atoms with Crippen molar-refractivity contribution in [3.8, 4) is 0 Å². The summed E-state index contributed by atoms with van der Waals surface area (Å²) < 4.78 is 0. The van der Waals surface area contributed by atoms with E-state index in [2.05, 4.69) is 4.98 Å². The van der Waals surface area contributed by atoms with Crippen LogP contribution in [0, 0.1) is 5.39 Å². The molecule has 0 fully saturated rings. The molecular formula is C8H6ClN2+. The van der Waals surface area contributed by atoms with Gasteiger partial charge in [0.25, 0.3) is 0 Å². The van der Waals surface area contributed by atoms with Gasteiger partial charge in [0.1, 0.15) is 5.03 Å². The van der Waals surface area contributed by atoms with Crippen LogP contribution in [0.5, 0.6) is 0 Å². The Morgan fingerprint density at radius 3 is 2.55 bits per heavy atom. The van der Waals surface area contributed by atoms with Gasteiger partial charge in [0.05, 0.1) is 0 Å². The minimum absolute atomic E-state index is 0.424. The lowest BCUT2D eigenvalue weighted by atomic mass is 10.2. The molecule has 1 rings (SSSR count). The van der Waals surface area contributed by atoms with E-state index >= 15 is 0 Å². The molecule has 0 unspecified atom stereocenters. The third kappa shape index (κ3) is 2.06. The lowest BCUT2D eigenvalue weighted by molar-refractivity contribution is 1.47. The molecule has 0 aromatic heterocycles. The minimum atomic E-state index is 0.424. The predicted molar refractivity (Wildman–Crippen MR) is 45.4 cm³/mol. The van der Waals surface area contributed by atoms with Crippen LogP contribution in [0.1, 0.15) is 5.56 Å². The quantitative estimate of drug-likeness (QED) is 0.588. The molecule has 0 aliphatic heterocycles. The van der Waals surface area contributed by atoms with Gasteiger partial charge in [-0.3, -0.25) is 0 Å². The zero-order valence-corrected chi connectivity index (χ0v) is 6.49. The Balaban J connectivity index is 2.96. The summed E-state index contributed by atoms with van der Waals surface area (Å²) >= 11 is 5.71. The third-order valence-corrected chi connectivity index (χ3v) is 1.54. The molecule has 0 N–H and O–H groups in total. The molecular weight excluding hydrogens is 160 g/mol. The molecule has 0 radical (unpaired) electrons. The number of halogens is 1. The molecule has 3 heteroatoms. The monoisotopic (exact) mass is 165 g/mol. The van der Waals surface area contributed by atoms with Crippen molar-refractivity contribution in [1.29, 1.82) is 5.39 Å². The van der Waals surface area contributed by atoms with E-state index < -0.39 is 0 Å². The summed E-state index contributed by atoms with van der Waals surface area (Å²) in [6, 6.07) is 9.30. The van der Waals surface area contributed by atoms with Crippen LogP contribution >= 0.6 is 11.6 Å². The summed E-state index contributed by atoms with van der Waals surface area (Å²) in [5.74, 6) is 0. The second-order valence-corrected chi connectivity index (χ2v) is 2.37. The van der Waals surface area contributed by atoms with Crippen LogP contribution in [-0.2, 0) is 0 Å². The van der Waals surface area contributed by atoms with Gasteiger partial charge in [0.2, 0.25) is 5.39 Å². The molecule has 0 heterocycles. The highest BCUT2D eigenvalue weighted by Crippen LogP contribution is 2.17. The van der Waals surface area contributed by atoms with E-state index in [1.807, 2.05) is 30.3 Å². The summed E-state index contributed by atoms with van der Waals surface area (Å²) in [6.45, 7) is 0. The normalized spacial score (nSPS) is 10.7. The molecule has 0 bridgehead atoms. The number of rotatable bonds is 1. The standard InChI is InChI=1S/C8H6ClN2/c9-8(6-11-10)7-4-2-1-3-5-7/h1-6H/q+1/b8-6-. The smallest absolute Gasteiger partial charge is 0.0756 e. The van der Waals surface area contributed by atoms with Crippen molar-refractivity contribution in [2.24, 2.45) is 0 Å². The fourth-order valence-electron chi connectivity index (χ4n) is 0.723. The fraction of sp³-hybridized carbons (Fsp3) is 0. The third-order valence-electron chi connectivity index (χ3n) is 1.22. The summed E-state index contributed by atoms with van der Waals surface area (Å²) in [5, 5.41) is 8.59. The molecule has 54 valence electrons. The first-order chi connectivity index (χ1) is 5.34. The molecule has 0 saturated heterocycles. The molecule has 0 amide bonds. The van der Waals surface area contributed by atoms with Gasteiger partial charge < -0.3 is 0 Å². The average Bonchev–Trinajstić information content (AvgIpc) is 2.07. The van der Waals surface area contributed by atoms with Crippen molar-refractivity contribution in [2.45, 2.75) is 0 Å². The second kappa shape index (κ2) is 3.75. The van der Waals surface area contributed by atoms with Gasteiger partial charge in [0, 0.05) is 5.56 Å². The number of diazo groups is 1. The minimum Gasteiger partial charge on any atom is -0.0756 e. The lowest BCUT2D eigenvalue weighted by Gasteiger charge is -1.90. The highest BCUT2D eigenvalue weighted by atomic mass is 35.5. The van der Waals surface area contributed by atoms with E-state index in [4.69, 9.17) is 17.0 Å². The van der Waals surface area contributed by atoms with Gasteiger partial charge in [-0.1, -0.05) is 41.9 Å². The van der Waals surface area contributed by atoms with E-state index in [1.54, 1.807) is 0 Å². The first-order valence-electron chi connectivity index (χ1n) is 3.10. The maximum Gasteiger partial charge on any atom is 0.369 e. The molecule has 2 nitrogen and oxygen atoms in total. The zero-order valence-electron chi connectivity index (χ0n) is 5.74. The van der Waals surface area contributed by atoms with Crippen LogP contribution in [0.2, 0.25) is 0 Å². The molecule has 0 aliphatic carbocycles. The van der Waals surface area contributed by atoms with Crippen LogP contribution in [0.3, 0.4) is 0 Å². The summed E-state index contributed by atoms with van der Waals surface area (Å²) in [6.07, 6.45) is 1.19. The van der Waals surface area contributed by atoms with E-state index in [0.29, 0.717) is 5.03 Å². The van der Waals surface area contributed by atoms with Gasteiger partial charge in [-0.05, 0) is 0 Å². The second-order valence-electron chi connectivity index (χ2n) is 1.96. The Morgan fingerprint density at radius 1 is 1.36 bits per heavy atom. The Hall–Kier alpha value is -1.33. The molecule has 1 aromatic carbocycles. The fourth-order valence-corrected chi connectivity index (χ4v) is 0.892. The Kier molecular flexibility index (Phi) is 2.65. The predicted octanol–water partition coefficient (Wildman–Crippen LogP) is 3.08. The van der Waals surface area contributed by atoms with Crippen LogP contribution in [0.4, 0.5) is 0 Å². The van der Waals surface area contributed by atoms with Gasteiger partial charge in [-0.2, -0.15) is 0 Å². The Labute approximate surface area is 69.7 Å². The first kappa shape index (κ1) is 7.77. The van der Waals surface area contributed by atoms with Crippen LogP contribution in [0.15, 0.2) is 36.5 Å². The van der Waals surface area contributed by atoms with Gasteiger partial charge in [-0.15, -0.1) is 0 Å². The number of hydrogen-bond donors (Lipinski definition) is 0. The number of nitrogens with zero attached hydrogens (tertiary/aromatic N) is 2. The van der Waals surface area contributed by atoms with Crippen molar-refractivity contribution in [3.63, 3.8) is 0 Å². The maximum atomic E-state index is 8.16. The summed E-state index contributed by atoms with van der Waals surface area (Å²) in [4.78, 5) is 2.82. The van der Waals surface area contributed by atoms with Crippen molar-refractivity contribution >= 4 is 16.6 Å². The van der Waals surface area contributed by atoms with Crippen molar-refractivity contribution in [3.05, 3.63) is 47.1 Å². The molecule has 0 aliphatic rings. The van der Waals surface area contributed by atoms with Crippen molar-refractivity contribution < 1.29 is 0 Å². The largest absolute Gasteiger partial charge is 0.369 e. The SMILES string of the molecule is N#[N+]/C=C(\Cl)c1ccccc1. The first-order valence-corrected chi connectivity index (χ1v) is 3.47. The molecule has 0 atom stereocenters. The van der Waals surface area contributed by atoms with Crippen LogP contribution < -0.4 is 0 Å². The van der Waals surface area contributed by atoms with Gasteiger partial charge in [0.15, 0.2) is 4.98 Å². The van der Waals surface area contributed by atoms with Crippen LogP contribution in [-0.4, -0.2) is 0 Å². The maximum absolute atomic E-state index is 8.16. The van der Waals surface area contributed by atoms with Crippen LogP contribution in [0.25, 0.3) is 10.0 Å². The van der Waals surface area contributed by atoms with E-state index in [9.17, 15) is 0 Å². The van der Waals surface area contributed by atoms with Crippen molar-refractivity contribution in [1.82, 2.24) is 0 Å². The molecule has 0 spiro atoms. The molecule has 1 aromatic rings. The molecule has 0 saturated carbocycles. The lowest BCUT2D eigenvalue weighted by Crippen LogP contribution is -1.72. The van der Waals surface area contributed by atoms with Gasteiger partial charge in [-0.25, -0.2) is 0 Å². The van der Waals surface area contributed by atoms with E-state index in [0.717, 1.165) is 5.56 Å². The van der Waals surface area contributed by atoms with Gasteiger partial charge >= 0.3 is 6.20 Å². The highest BCUT2D eigenvalue weighted by molar-refractivity contribution is 6.48. The highest BCUT2D eigenvalue weighted by Gasteiger charge is 2.00. The average molecular weight is 166 g/mol. The number of benzene rings is 1. The van der Waals surface area contributed by atoms with Crippen molar-refractivity contribution in [2.75, 3.05) is 0 Å². The Morgan fingerprint density at radius 2 is 2.00 bits per heavy atom. The summed E-state index contributed by atoms with van der Waals surface area (Å²) in [5.41, 5.74) is 0.840. The Bertz CT molecular complexity index is 298. The van der Waals surface area contributed by atoms with E-state index in [-0.39, 0.29) is 0 Å². The topological polar surface area (TPSA) is 28.1 Å². The van der Waals surface area contributed by atoms with E-state index in [1.165, 1.54) is 6.20 Å². The molecule has 11 heavy (non-hydrogen) atoms. The number of hydrogen-bond acceptors (Lipinski definition) is 1.